The van der Waals surface area contributed by atoms with Crippen LogP contribution in [0.15, 0.2) is 17.2 Å². The van der Waals surface area contributed by atoms with E-state index < -0.39 is 10.0 Å². The van der Waals surface area contributed by atoms with E-state index >= 15 is 0 Å². The number of hydrogen-bond acceptors (Lipinski definition) is 4. The Morgan fingerprint density at radius 3 is 2.70 bits per heavy atom. The van der Waals surface area contributed by atoms with Crippen molar-refractivity contribution in [1.82, 2.24) is 9.29 Å². The van der Waals surface area contributed by atoms with Gasteiger partial charge in [-0.2, -0.15) is 4.31 Å². The summed E-state index contributed by atoms with van der Waals surface area (Å²) in [7, 11) is -3.51. The van der Waals surface area contributed by atoms with E-state index in [9.17, 15) is 8.42 Å². The molecule has 0 unspecified atom stereocenters. The van der Waals surface area contributed by atoms with Gasteiger partial charge in [-0.05, 0) is 24.8 Å². The fourth-order valence-corrected chi connectivity index (χ4v) is 4.18. The maximum atomic E-state index is 12.6. The first-order valence-electron chi connectivity index (χ1n) is 6.66. The Balaban J connectivity index is 2.29. The average Bonchev–Trinajstić information content (AvgIpc) is 2.73. The third kappa shape index (κ3) is 3.07. The van der Waals surface area contributed by atoms with Crippen molar-refractivity contribution in [1.29, 1.82) is 0 Å². The van der Waals surface area contributed by atoms with Crippen molar-refractivity contribution in [3.05, 3.63) is 17.3 Å². The average molecular weight is 318 g/mol. The van der Waals surface area contributed by atoms with Crippen LogP contribution in [0.2, 0.25) is 5.02 Å². The van der Waals surface area contributed by atoms with Gasteiger partial charge in [0.15, 0.2) is 0 Å². The minimum absolute atomic E-state index is 0.0218. The molecule has 0 bridgehead atoms. The second kappa shape index (κ2) is 5.50. The van der Waals surface area contributed by atoms with Crippen LogP contribution in [0.3, 0.4) is 0 Å². The molecular weight excluding hydrogens is 298 g/mol. The fourth-order valence-electron chi connectivity index (χ4n) is 2.28. The zero-order valence-corrected chi connectivity index (χ0v) is 13.6. The lowest BCUT2D eigenvalue weighted by molar-refractivity contribution is 0.375. The lowest BCUT2D eigenvalue weighted by Crippen LogP contribution is -2.30. The summed E-state index contributed by atoms with van der Waals surface area (Å²) in [6.45, 7) is 7.82. The third-order valence-corrected chi connectivity index (χ3v) is 5.54. The summed E-state index contributed by atoms with van der Waals surface area (Å²) in [6.07, 6.45) is 2.23. The highest BCUT2D eigenvalue weighted by atomic mass is 35.5. The Labute approximate surface area is 125 Å². The SMILES string of the molecule is CCNc1ncc(S(=O)(=O)N2CCC(C)(C)C2)cc1Cl. The van der Waals surface area contributed by atoms with E-state index in [-0.39, 0.29) is 10.3 Å². The molecule has 7 heteroatoms. The molecule has 1 aliphatic rings. The topological polar surface area (TPSA) is 62.3 Å². The largest absolute Gasteiger partial charge is 0.369 e. The molecule has 0 aliphatic carbocycles. The number of pyridine rings is 1. The molecule has 2 heterocycles. The molecule has 0 spiro atoms. The smallest absolute Gasteiger partial charge is 0.244 e. The van der Waals surface area contributed by atoms with Gasteiger partial charge in [-0.25, -0.2) is 13.4 Å². The number of aromatic nitrogens is 1. The van der Waals surface area contributed by atoms with Crippen molar-refractivity contribution in [2.24, 2.45) is 5.41 Å². The van der Waals surface area contributed by atoms with E-state index in [2.05, 4.69) is 24.1 Å². The maximum absolute atomic E-state index is 12.6. The zero-order chi connectivity index (χ0) is 15.0. The summed E-state index contributed by atoms with van der Waals surface area (Å²) in [6, 6.07) is 1.47. The van der Waals surface area contributed by atoms with Crippen LogP contribution in [0.5, 0.6) is 0 Å². The molecule has 0 atom stereocenters. The summed E-state index contributed by atoms with van der Waals surface area (Å²) in [5.74, 6) is 0.509. The Kier molecular flexibility index (Phi) is 4.27. The number of nitrogens with one attached hydrogen (secondary N) is 1. The molecule has 1 saturated heterocycles. The van der Waals surface area contributed by atoms with Crippen LogP contribution >= 0.6 is 11.6 Å². The van der Waals surface area contributed by atoms with E-state index in [1.165, 1.54) is 16.6 Å². The molecule has 1 aromatic rings. The molecule has 1 aliphatic heterocycles. The van der Waals surface area contributed by atoms with Gasteiger partial charge in [-0.3, -0.25) is 0 Å². The second-order valence-corrected chi connectivity index (χ2v) is 8.13. The molecule has 0 amide bonds. The fraction of sp³-hybridized carbons (Fsp3) is 0.615. The lowest BCUT2D eigenvalue weighted by atomic mass is 9.93. The molecule has 1 aromatic heterocycles. The van der Waals surface area contributed by atoms with E-state index in [4.69, 9.17) is 11.6 Å². The number of nitrogens with zero attached hydrogens (tertiary/aromatic N) is 2. The van der Waals surface area contributed by atoms with E-state index in [1.807, 2.05) is 6.92 Å². The molecule has 0 radical (unpaired) electrons. The number of rotatable bonds is 4. The normalized spacial score (nSPS) is 19.2. The Hall–Kier alpha value is -0.850. The minimum Gasteiger partial charge on any atom is -0.369 e. The van der Waals surface area contributed by atoms with Gasteiger partial charge in [0.1, 0.15) is 10.7 Å². The first-order valence-corrected chi connectivity index (χ1v) is 8.48. The highest BCUT2D eigenvalue weighted by Gasteiger charge is 2.37. The van der Waals surface area contributed by atoms with Crippen LogP contribution in [0.25, 0.3) is 0 Å². The third-order valence-electron chi connectivity index (χ3n) is 3.44. The minimum atomic E-state index is -3.51. The van der Waals surface area contributed by atoms with E-state index in [0.29, 0.717) is 30.5 Å². The van der Waals surface area contributed by atoms with Crippen molar-refractivity contribution in [3.63, 3.8) is 0 Å². The molecule has 2 rings (SSSR count). The summed E-state index contributed by atoms with van der Waals surface area (Å²) < 4.78 is 26.6. The van der Waals surface area contributed by atoms with Crippen molar-refractivity contribution < 1.29 is 8.42 Å². The number of halogens is 1. The molecule has 0 saturated carbocycles. The first kappa shape index (κ1) is 15.5. The number of anilines is 1. The summed E-state index contributed by atoms with van der Waals surface area (Å²) in [5.41, 5.74) is 0.0218. The zero-order valence-electron chi connectivity index (χ0n) is 12.0. The second-order valence-electron chi connectivity index (χ2n) is 5.78. The number of hydrogen-bond donors (Lipinski definition) is 1. The van der Waals surface area contributed by atoms with Crippen LogP contribution in [0, 0.1) is 5.41 Å². The molecule has 112 valence electrons. The van der Waals surface area contributed by atoms with Crippen molar-refractivity contribution in [2.45, 2.75) is 32.1 Å². The van der Waals surface area contributed by atoms with E-state index in [0.717, 1.165) is 6.42 Å². The summed E-state index contributed by atoms with van der Waals surface area (Å²) in [5, 5.41) is 3.31. The quantitative estimate of drug-likeness (QED) is 0.927. The van der Waals surface area contributed by atoms with Crippen LogP contribution < -0.4 is 5.32 Å². The van der Waals surface area contributed by atoms with Crippen LogP contribution in [0.1, 0.15) is 27.2 Å². The van der Waals surface area contributed by atoms with Crippen LogP contribution in [0.4, 0.5) is 5.82 Å². The van der Waals surface area contributed by atoms with Crippen molar-refractivity contribution >= 4 is 27.4 Å². The molecule has 1 N–H and O–H groups in total. The predicted molar refractivity (Wildman–Crippen MR) is 80.6 cm³/mol. The number of sulfonamides is 1. The van der Waals surface area contributed by atoms with Gasteiger partial charge in [0.2, 0.25) is 10.0 Å². The van der Waals surface area contributed by atoms with Gasteiger partial charge in [0.05, 0.1) is 5.02 Å². The summed E-state index contributed by atoms with van der Waals surface area (Å²) >= 11 is 6.07. The monoisotopic (exact) mass is 317 g/mol. The van der Waals surface area contributed by atoms with Gasteiger partial charge < -0.3 is 5.32 Å². The molecule has 20 heavy (non-hydrogen) atoms. The Morgan fingerprint density at radius 1 is 1.50 bits per heavy atom. The highest BCUT2D eigenvalue weighted by Crippen LogP contribution is 2.33. The molecule has 1 fully saturated rings. The Bertz CT molecular complexity index is 602. The summed E-state index contributed by atoms with van der Waals surface area (Å²) in [4.78, 5) is 4.25. The Morgan fingerprint density at radius 2 is 2.20 bits per heavy atom. The molecule has 0 aromatic carbocycles. The van der Waals surface area contributed by atoms with Gasteiger partial charge in [0.25, 0.3) is 0 Å². The van der Waals surface area contributed by atoms with Crippen LogP contribution in [-0.2, 0) is 10.0 Å². The van der Waals surface area contributed by atoms with Gasteiger partial charge in [-0.1, -0.05) is 25.4 Å². The van der Waals surface area contributed by atoms with Crippen molar-refractivity contribution in [2.75, 3.05) is 25.0 Å². The molecule has 5 nitrogen and oxygen atoms in total. The first-order chi connectivity index (χ1) is 9.26. The van der Waals surface area contributed by atoms with Gasteiger partial charge in [0, 0.05) is 25.8 Å². The van der Waals surface area contributed by atoms with Crippen LogP contribution in [-0.4, -0.2) is 37.3 Å². The van der Waals surface area contributed by atoms with Gasteiger partial charge >= 0.3 is 0 Å². The van der Waals surface area contributed by atoms with Crippen molar-refractivity contribution in [3.8, 4) is 0 Å². The van der Waals surface area contributed by atoms with Gasteiger partial charge in [-0.15, -0.1) is 0 Å². The lowest BCUT2D eigenvalue weighted by Gasteiger charge is -2.19. The predicted octanol–water partition coefficient (Wildman–Crippen LogP) is 2.59. The standard InChI is InChI=1S/C13H20ClN3O2S/c1-4-15-12-11(14)7-10(8-16-12)20(18,19)17-6-5-13(2,3)9-17/h7-8H,4-6,9H2,1-3H3,(H,15,16). The molecular formula is C13H20ClN3O2S. The van der Waals surface area contributed by atoms with E-state index in [1.54, 1.807) is 0 Å². The highest BCUT2D eigenvalue weighted by molar-refractivity contribution is 7.89. The maximum Gasteiger partial charge on any atom is 0.244 e.